The molecule has 4 heavy (non-hydrogen) atoms. The molecule has 0 nitrogen and oxygen atoms in total. The molecule has 0 aliphatic carbocycles. The second kappa shape index (κ2) is 15.6. The van der Waals surface area contributed by atoms with E-state index >= 15 is 0 Å². The van der Waals surface area contributed by atoms with Crippen LogP contribution in [0.25, 0.3) is 0 Å². The molecule has 0 heterocycles. The minimum Gasteiger partial charge on any atom is -0.107 e. The number of hydrogen-bond donors (Lipinski definition) is 0. The van der Waals surface area contributed by atoms with E-state index in [1.165, 1.54) is 0 Å². The molecule has 4 heteroatoms. The SMILES string of the molecule is I.I.[K].[K]. The van der Waals surface area contributed by atoms with Gasteiger partial charge in [0.05, 0.1) is 0 Å². The van der Waals surface area contributed by atoms with Gasteiger partial charge < -0.3 is 0 Å². The van der Waals surface area contributed by atoms with Crippen molar-refractivity contribution < 1.29 is 0 Å². The summed E-state index contributed by atoms with van der Waals surface area (Å²) < 4.78 is 0. The van der Waals surface area contributed by atoms with E-state index in [9.17, 15) is 0 Å². The molecule has 0 aromatic rings. The van der Waals surface area contributed by atoms with Crippen LogP contribution < -0.4 is 0 Å². The molecule has 0 N–H and O–H groups in total. The van der Waals surface area contributed by atoms with Crippen molar-refractivity contribution >= 4 is 151 Å². The van der Waals surface area contributed by atoms with Crippen molar-refractivity contribution in [1.82, 2.24) is 0 Å². The molecule has 0 bridgehead atoms. The van der Waals surface area contributed by atoms with Crippen LogP contribution in [-0.2, 0) is 0 Å². The first kappa shape index (κ1) is 23.3. The zero-order valence-electron chi connectivity index (χ0n) is 2.82. The number of hydrogen-bond acceptors (Lipinski definition) is 0. The minimum atomic E-state index is 0. The van der Waals surface area contributed by atoms with Crippen molar-refractivity contribution in [2.24, 2.45) is 0 Å². The van der Waals surface area contributed by atoms with Crippen molar-refractivity contribution in [1.29, 1.82) is 0 Å². The summed E-state index contributed by atoms with van der Waals surface area (Å²) in [7, 11) is 0. The van der Waals surface area contributed by atoms with E-state index in [1.54, 1.807) is 0 Å². The molecule has 2 radical (unpaired) electrons. The summed E-state index contributed by atoms with van der Waals surface area (Å²) in [5.74, 6) is 0. The van der Waals surface area contributed by atoms with Crippen LogP contribution in [0.4, 0.5) is 0 Å². The first-order chi connectivity index (χ1) is 0. The van der Waals surface area contributed by atoms with Crippen LogP contribution in [0.2, 0.25) is 0 Å². The second-order valence-electron chi connectivity index (χ2n) is 0. The van der Waals surface area contributed by atoms with Gasteiger partial charge in [0, 0.05) is 103 Å². The maximum absolute atomic E-state index is 0. The van der Waals surface area contributed by atoms with E-state index in [1.807, 2.05) is 0 Å². The summed E-state index contributed by atoms with van der Waals surface area (Å²) in [6, 6.07) is 0. The van der Waals surface area contributed by atoms with Crippen molar-refractivity contribution in [3.05, 3.63) is 0 Å². The molecule has 0 spiro atoms. The molecule has 0 saturated heterocycles. The summed E-state index contributed by atoms with van der Waals surface area (Å²) in [5.41, 5.74) is 0. The number of halogens is 2. The van der Waals surface area contributed by atoms with Gasteiger partial charge in [-0.25, -0.2) is 0 Å². The first-order valence-corrected chi connectivity index (χ1v) is 0. The van der Waals surface area contributed by atoms with Gasteiger partial charge in [0.15, 0.2) is 0 Å². The van der Waals surface area contributed by atoms with E-state index in [2.05, 4.69) is 0 Å². The van der Waals surface area contributed by atoms with Gasteiger partial charge in [-0.15, -0.1) is 48.0 Å². The topological polar surface area (TPSA) is 0 Å². The molecule has 0 aromatic carbocycles. The fraction of sp³-hybridized carbons (Fsp3) is 0. The summed E-state index contributed by atoms with van der Waals surface area (Å²) >= 11 is 0. The maximum Gasteiger partial charge on any atom is 0 e. The average molecular weight is 334 g/mol. The van der Waals surface area contributed by atoms with Gasteiger partial charge in [-0.3, -0.25) is 0 Å². The van der Waals surface area contributed by atoms with Gasteiger partial charge in [0.2, 0.25) is 0 Å². The maximum atomic E-state index is 0. The smallest absolute Gasteiger partial charge is 0 e. The van der Waals surface area contributed by atoms with Crippen LogP contribution in [0.1, 0.15) is 0 Å². The molecule has 0 amide bonds. The largest absolute Gasteiger partial charge is 0.107 e. The fourth-order valence-electron chi connectivity index (χ4n) is 0. The summed E-state index contributed by atoms with van der Waals surface area (Å²) in [5, 5.41) is 0. The normalized spacial score (nSPS) is 0. The van der Waals surface area contributed by atoms with Crippen LogP contribution in [0.3, 0.4) is 0 Å². The van der Waals surface area contributed by atoms with Gasteiger partial charge in [-0.05, 0) is 0 Å². The molecule has 0 aliphatic heterocycles. The van der Waals surface area contributed by atoms with Crippen molar-refractivity contribution in [3.8, 4) is 0 Å². The molecule has 0 saturated carbocycles. The van der Waals surface area contributed by atoms with Crippen LogP contribution in [-0.4, -0.2) is 103 Å². The third kappa shape index (κ3) is 9.88. The Morgan fingerprint density at radius 2 is 0.500 bits per heavy atom. The van der Waals surface area contributed by atoms with Crippen LogP contribution in [0, 0.1) is 0 Å². The van der Waals surface area contributed by atoms with E-state index < -0.39 is 0 Å². The Morgan fingerprint density at radius 1 is 0.500 bits per heavy atom. The monoisotopic (exact) mass is 334 g/mol. The van der Waals surface area contributed by atoms with Crippen LogP contribution in [0.15, 0.2) is 0 Å². The molecular formula is H2I2K2. The van der Waals surface area contributed by atoms with E-state index in [0.29, 0.717) is 0 Å². The summed E-state index contributed by atoms with van der Waals surface area (Å²) in [6.45, 7) is 0. The third-order valence-electron chi connectivity index (χ3n) is 0. The Hall–Kier alpha value is 4.73. The predicted molar refractivity (Wildman–Crippen MR) is 42.3 cm³/mol. The third-order valence-corrected chi connectivity index (χ3v) is 0. The zero-order chi connectivity index (χ0) is 0. The summed E-state index contributed by atoms with van der Waals surface area (Å²) in [6.07, 6.45) is 0. The molecule has 18 valence electrons. The van der Waals surface area contributed by atoms with E-state index in [0.717, 1.165) is 0 Å². The Kier molecular flexibility index (Phi) is 91.2. The predicted octanol–water partition coefficient (Wildman–Crippen LogP) is 0.474. The van der Waals surface area contributed by atoms with E-state index in [4.69, 9.17) is 0 Å². The molecule has 0 rings (SSSR count). The van der Waals surface area contributed by atoms with Gasteiger partial charge >= 0.3 is 0 Å². The molecule has 0 aromatic heterocycles. The average Bonchev–Trinajstić information content (AvgIpc) is 0. The van der Waals surface area contributed by atoms with Crippen molar-refractivity contribution in [2.45, 2.75) is 0 Å². The van der Waals surface area contributed by atoms with Crippen molar-refractivity contribution in [3.63, 3.8) is 0 Å². The molecule has 0 unspecified atom stereocenters. The standard InChI is InChI=1S/2HI.2K/h2*1H;;. The zero-order valence-corrected chi connectivity index (χ0v) is 13.7. The van der Waals surface area contributed by atoms with E-state index in [-0.39, 0.29) is 151 Å². The Bertz CT molecular complexity index is 4.00. The quantitative estimate of drug-likeness (QED) is 0.447. The van der Waals surface area contributed by atoms with Gasteiger partial charge in [0.25, 0.3) is 0 Å². The van der Waals surface area contributed by atoms with Gasteiger partial charge in [-0.1, -0.05) is 0 Å². The minimum absolute atomic E-state index is 0. The molecule has 0 fully saturated rings. The van der Waals surface area contributed by atoms with Crippen LogP contribution in [0.5, 0.6) is 0 Å². The van der Waals surface area contributed by atoms with Crippen molar-refractivity contribution in [2.75, 3.05) is 0 Å². The Labute approximate surface area is 146 Å². The number of rotatable bonds is 0. The molecule has 0 atom stereocenters. The second-order valence-corrected chi connectivity index (χ2v) is 0. The summed E-state index contributed by atoms with van der Waals surface area (Å²) in [4.78, 5) is 0. The van der Waals surface area contributed by atoms with Crippen LogP contribution >= 0.6 is 48.0 Å². The Morgan fingerprint density at radius 3 is 0.500 bits per heavy atom. The molecular weight excluding hydrogens is 332 g/mol. The first-order valence-electron chi connectivity index (χ1n) is 0. The Balaban J connectivity index is 0. The van der Waals surface area contributed by atoms with Gasteiger partial charge in [0.1, 0.15) is 0 Å². The van der Waals surface area contributed by atoms with Gasteiger partial charge in [-0.2, -0.15) is 0 Å². The fourth-order valence-corrected chi connectivity index (χ4v) is 0. The molecule has 0 aliphatic rings.